The number of thioether (sulfide) groups is 1. The van der Waals surface area contributed by atoms with Crippen molar-refractivity contribution in [3.8, 4) is 5.69 Å². The molecule has 136 valence electrons. The molecule has 0 spiro atoms. The Bertz CT molecular complexity index is 870. The van der Waals surface area contributed by atoms with E-state index in [2.05, 4.69) is 34.5 Å². The summed E-state index contributed by atoms with van der Waals surface area (Å²) >= 11 is 1.35. The quantitative estimate of drug-likeness (QED) is 0.644. The van der Waals surface area contributed by atoms with Crippen molar-refractivity contribution in [1.29, 1.82) is 0 Å². The molecule has 1 aromatic carbocycles. The Labute approximate surface area is 156 Å². The predicted octanol–water partition coefficient (Wildman–Crippen LogP) is 3.47. The Morgan fingerprint density at radius 1 is 1.27 bits per heavy atom. The third-order valence-corrected chi connectivity index (χ3v) is 5.05. The van der Waals surface area contributed by atoms with Gasteiger partial charge in [-0.3, -0.25) is 9.36 Å². The van der Waals surface area contributed by atoms with Gasteiger partial charge in [0.05, 0.1) is 18.0 Å². The van der Waals surface area contributed by atoms with Gasteiger partial charge in [0.25, 0.3) is 0 Å². The van der Waals surface area contributed by atoms with Gasteiger partial charge in [0.1, 0.15) is 12.1 Å². The molecule has 2 heterocycles. The van der Waals surface area contributed by atoms with Gasteiger partial charge in [0.2, 0.25) is 5.91 Å². The lowest BCUT2D eigenvalue weighted by Gasteiger charge is -2.14. The summed E-state index contributed by atoms with van der Waals surface area (Å²) in [6, 6.07) is 10.1. The second-order valence-corrected chi connectivity index (χ2v) is 7.02. The van der Waals surface area contributed by atoms with E-state index in [4.69, 9.17) is 0 Å². The van der Waals surface area contributed by atoms with Crippen LogP contribution in [0.1, 0.15) is 31.9 Å². The molecule has 0 bridgehead atoms. The molecule has 1 atom stereocenters. The van der Waals surface area contributed by atoms with E-state index < -0.39 is 0 Å². The van der Waals surface area contributed by atoms with E-state index in [1.54, 1.807) is 12.5 Å². The van der Waals surface area contributed by atoms with Crippen molar-refractivity contribution in [2.45, 2.75) is 38.4 Å². The first kappa shape index (κ1) is 18.2. The third-order valence-electron chi connectivity index (χ3n) is 4.11. The van der Waals surface area contributed by atoms with Crippen molar-refractivity contribution in [2.24, 2.45) is 0 Å². The number of aromatic nitrogens is 5. The smallest absolute Gasteiger partial charge is 0.235 e. The number of aryl methyl sites for hydroxylation is 1. The molecule has 0 radical (unpaired) electrons. The fourth-order valence-electron chi connectivity index (χ4n) is 2.45. The van der Waals surface area contributed by atoms with Crippen LogP contribution in [0, 0.1) is 6.92 Å². The highest BCUT2D eigenvalue weighted by Gasteiger charge is 2.13. The molecule has 7 nitrogen and oxygen atoms in total. The largest absolute Gasteiger partial charge is 0.310 e. The highest BCUT2D eigenvalue weighted by molar-refractivity contribution is 7.99. The molecule has 0 saturated carbocycles. The number of nitrogens with zero attached hydrogens (tertiary/aromatic N) is 5. The van der Waals surface area contributed by atoms with Gasteiger partial charge in [-0.15, -0.1) is 10.2 Å². The molecule has 3 rings (SSSR count). The van der Waals surface area contributed by atoms with Crippen LogP contribution in [0.2, 0.25) is 0 Å². The van der Waals surface area contributed by atoms with Crippen molar-refractivity contribution < 1.29 is 4.79 Å². The molecular formula is C18H22N6OS. The second-order valence-electron chi connectivity index (χ2n) is 6.07. The van der Waals surface area contributed by atoms with Crippen LogP contribution in [0.4, 0.5) is 5.82 Å². The van der Waals surface area contributed by atoms with Crippen LogP contribution in [0.25, 0.3) is 5.69 Å². The van der Waals surface area contributed by atoms with Crippen LogP contribution in [-0.2, 0) is 4.79 Å². The van der Waals surface area contributed by atoms with Gasteiger partial charge in [-0.05, 0) is 32.4 Å². The first-order valence-electron chi connectivity index (χ1n) is 8.51. The summed E-state index contributed by atoms with van der Waals surface area (Å²) in [5.41, 5.74) is 2.16. The molecule has 2 aromatic heterocycles. The minimum absolute atomic E-state index is 0.0986. The number of anilines is 1. The molecule has 0 aliphatic carbocycles. The molecule has 1 unspecified atom stereocenters. The summed E-state index contributed by atoms with van der Waals surface area (Å²) in [4.78, 5) is 12.3. The maximum atomic E-state index is 12.3. The second kappa shape index (κ2) is 8.18. The number of hydrogen-bond acceptors (Lipinski definition) is 5. The minimum atomic E-state index is -0.0986. The number of hydrogen-bond donors (Lipinski definition) is 1. The zero-order valence-corrected chi connectivity index (χ0v) is 15.9. The van der Waals surface area contributed by atoms with Gasteiger partial charge < -0.3 is 5.32 Å². The summed E-state index contributed by atoms with van der Waals surface area (Å²) in [6.07, 6.45) is 4.30. The first-order chi connectivity index (χ1) is 12.6. The minimum Gasteiger partial charge on any atom is -0.310 e. The third kappa shape index (κ3) is 4.13. The van der Waals surface area contributed by atoms with Crippen molar-refractivity contribution in [3.05, 3.63) is 48.4 Å². The molecule has 1 amide bonds. The SMILES string of the molecule is CCC(C)n1nccc1NC(=O)CSc1nncn1-c1ccc(C)cc1. The number of carbonyl (C=O) groups is 1. The van der Waals surface area contributed by atoms with Crippen LogP contribution >= 0.6 is 11.8 Å². The van der Waals surface area contributed by atoms with Gasteiger partial charge in [-0.2, -0.15) is 5.10 Å². The summed E-state index contributed by atoms with van der Waals surface area (Å²) in [5, 5.41) is 16.0. The summed E-state index contributed by atoms with van der Waals surface area (Å²) < 4.78 is 3.71. The van der Waals surface area contributed by atoms with Gasteiger partial charge in [-0.25, -0.2) is 4.68 Å². The van der Waals surface area contributed by atoms with Crippen molar-refractivity contribution in [2.75, 3.05) is 11.1 Å². The molecule has 1 N–H and O–H groups in total. The number of benzene rings is 1. The van der Waals surface area contributed by atoms with E-state index >= 15 is 0 Å². The number of nitrogens with one attached hydrogen (secondary N) is 1. The highest BCUT2D eigenvalue weighted by atomic mass is 32.2. The maximum Gasteiger partial charge on any atom is 0.235 e. The summed E-state index contributed by atoms with van der Waals surface area (Å²) in [5.74, 6) is 0.861. The Hall–Kier alpha value is -2.61. The van der Waals surface area contributed by atoms with Gasteiger partial charge in [-0.1, -0.05) is 36.4 Å². The van der Waals surface area contributed by atoms with Crippen molar-refractivity contribution in [3.63, 3.8) is 0 Å². The average Bonchev–Trinajstić information content (AvgIpc) is 3.29. The Morgan fingerprint density at radius 3 is 2.77 bits per heavy atom. The van der Waals surface area contributed by atoms with Crippen LogP contribution in [0.5, 0.6) is 0 Å². The number of carbonyl (C=O) groups excluding carboxylic acids is 1. The topological polar surface area (TPSA) is 77.6 Å². The molecular weight excluding hydrogens is 348 g/mol. The van der Waals surface area contributed by atoms with Crippen LogP contribution in [0.15, 0.2) is 48.0 Å². The normalized spacial score (nSPS) is 12.1. The molecule has 3 aromatic rings. The standard InChI is InChI=1S/C18H22N6OS/c1-4-14(3)24-16(9-10-20-24)21-17(25)11-26-18-22-19-12-23(18)15-7-5-13(2)6-8-15/h5-10,12,14H,4,11H2,1-3H3,(H,21,25). The molecule has 0 aliphatic rings. The fourth-order valence-corrected chi connectivity index (χ4v) is 3.18. The Balaban J connectivity index is 1.63. The van der Waals surface area contributed by atoms with Crippen LogP contribution < -0.4 is 5.32 Å². The first-order valence-corrected chi connectivity index (χ1v) is 9.50. The number of amides is 1. The van der Waals surface area contributed by atoms with E-state index in [1.165, 1.54) is 17.3 Å². The molecule has 26 heavy (non-hydrogen) atoms. The molecule has 8 heteroatoms. The van der Waals surface area contributed by atoms with E-state index in [1.807, 2.05) is 46.5 Å². The monoisotopic (exact) mass is 370 g/mol. The van der Waals surface area contributed by atoms with Gasteiger partial charge in [0.15, 0.2) is 5.16 Å². The summed E-state index contributed by atoms with van der Waals surface area (Å²) in [7, 11) is 0. The van der Waals surface area contributed by atoms with E-state index in [0.717, 1.165) is 12.1 Å². The van der Waals surface area contributed by atoms with Gasteiger partial charge in [0, 0.05) is 11.8 Å². The molecule has 0 saturated heterocycles. The number of rotatable bonds is 7. The van der Waals surface area contributed by atoms with Crippen molar-refractivity contribution >= 4 is 23.5 Å². The van der Waals surface area contributed by atoms with E-state index in [9.17, 15) is 4.79 Å². The van der Waals surface area contributed by atoms with Gasteiger partial charge >= 0.3 is 0 Å². The zero-order chi connectivity index (χ0) is 18.5. The maximum absolute atomic E-state index is 12.3. The lowest BCUT2D eigenvalue weighted by atomic mass is 10.2. The lowest BCUT2D eigenvalue weighted by molar-refractivity contribution is -0.113. The zero-order valence-electron chi connectivity index (χ0n) is 15.1. The fraction of sp³-hybridized carbons (Fsp3) is 0.333. The van der Waals surface area contributed by atoms with Crippen LogP contribution in [-0.4, -0.2) is 36.2 Å². The van der Waals surface area contributed by atoms with E-state index in [-0.39, 0.29) is 17.7 Å². The summed E-state index contributed by atoms with van der Waals surface area (Å²) in [6.45, 7) is 6.20. The Morgan fingerprint density at radius 2 is 2.04 bits per heavy atom. The highest BCUT2D eigenvalue weighted by Crippen LogP contribution is 2.21. The molecule has 0 aliphatic heterocycles. The predicted molar refractivity (Wildman–Crippen MR) is 103 cm³/mol. The average molecular weight is 370 g/mol. The molecule has 0 fully saturated rings. The van der Waals surface area contributed by atoms with E-state index in [0.29, 0.717) is 11.0 Å². The van der Waals surface area contributed by atoms with Crippen LogP contribution in [0.3, 0.4) is 0 Å². The Kier molecular flexibility index (Phi) is 5.72. The lowest BCUT2D eigenvalue weighted by Crippen LogP contribution is -2.19. The van der Waals surface area contributed by atoms with Crippen molar-refractivity contribution in [1.82, 2.24) is 24.5 Å².